The van der Waals surface area contributed by atoms with Gasteiger partial charge in [-0.3, -0.25) is 0 Å². The molecule has 0 radical (unpaired) electrons. The lowest BCUT2D eigenvalue weighted by atomic mass is 9.97. The van der Waals surface area contributed by atoms with Crippen LogP contribution in [0, 0.1) is 0 Å². The minimum absolute atomic E-state index is 0.258. The van der Waals surface area contributed by atoms with Gasteiger partial charge in [0.15, 0.2) is 0 Å². The van der Waals surface area contributed by atoms with E-state index < -0.39 is 5.60 Å². The summed E-state index contributed by atoms with van der Waals surface area (Å²) in [5, 5.41) is 0. The number of carbonyl (C=O) groups excluding carboxylic acids is 1. The van der Waals surface area contributed by atoms with Gasteiger partial charge in [-0.25, -0.2) is 4.79 Å². The van der Waals surface area contributed by atoms with E-state index in [2.05, 4.69) is 0 Å². The van der Waals surface area contributed by atoms with Gasteiger partial charge in [0.25, 0.3) is 0 Å². The quantitative estimate of drug-likeness (QED) is 0.853. The molecule has 1 aromatic carbocycles. The number of hydrogen-bond acceptors (Lipinski definition) is 4. The molecular weight excluding hydrogens is 282 g/mol. The van der Waals surface area contributed by atoms with Gasteiger partial charge in [0, 0.05) is 24.7 Å². The fourth-order valence-corrected chi connectivity index (χ4v) is 2.57. The molecule has 5 nitrogen and oxygen atoms in total. The molecule has 0 bridgehead atoms. The molecule has 0 saturated carbocycles. The zero-order valence-electron chi connectivity index (χ0n) is 13.8. The van der Waals surface area contributed by atoms with Gasteiger partial charge in [-0.1, -0.05) is 0 Å². The van der Waals surface area contributed by atoms with Gasteiger partial charge < -0.3 is 19.1 Å². The second-order valence-corrected chi connectivity index (χ2v) is 6.03. The van der Waals surface area contributed by atoms with Crippen LogP contribution in [0.15, 0.2) is 18.2 Å². The van der Waals surface area contributed by atoms with Gasteiger partial charge in [-0.05, 0) is 45.2 Å². The summed E-state index contributed by atoms with van der Waals surface area (Å²) in [6.07, 6.45) is 3.01. The third-order valence-electron chi connectivity index (χ3n) is 4.00. The van der Waals surface area contributed by atoms with E-state index >= 15 is 0 Å². The van der Waals surface area contributed by atoms with Crippen LogP contribution >= 0.6 is 0 Å². The van der Waals surface area contributed by atoms with Gasteiger partial charge in [-0.15, -0.1) is 0 Å². The summed E-state index contributed by atoms with van der Waals surface area (Å²) in [5.41, 5.74) is 0.0881. The first-order valence-corrected chi connectivity index (χ1v) is 7.68. The number of piperidine rings is 1. The van der Waals surface area contributed by atoms with Crippen molar-refractivity contribution < 1.29 is 19.0 Å². The van der Waals surface area contributed by atoms with Crippen LogP contribution in [0.5, 0.6) is 11.5 Å². The Kier molecular flexibility index (Phi) is 5.16. The second kappa shape index (κ2) is 6.90. The number of benzene rings is 1. The standard InChI is InChI=1S/C17H25NO4/c1-17(2,22-16(19)18-8-6-5-7-9-18)13-10-14(20-3)12-15(11-13)21-4/h10-12H,5-9H2,1-4H3. The second-order valence-electron chi connectivity index (χ2n) is 6.03. The molecule has 1 amide bonds. The molecular formula is C17H25NO4. The highest BCUT2D eigenvalue weighted by Gasteiger charge is 2.29. The molecule has 22 heavy (non-hydrogen) atoms. The summed E-state index contributed by atoms with van der Waals surface area (Å²) in [4.78, 5) is 14.1. The molecule has 122 valence electrons. The third kappa shape index (κ3) is 3.84. The SMILES string of the molecule is COc1cc(OC)cc(C(C)(C)OC(=O)N2CCCCC2)c1. The largest absolute Gasteiger partial charge is 0.497 e. The number of carbonyl (C=O) groups is 1. The smallest absolute Gasteiger partial charge is 0.410 e. The Morgan fingerprint density at radius 1 is 1.00 bits per heavy atom. The molecule has 1 fully saturated rings. The van der Waals surface area contributed by atoms with E-state index in [0.717, 1.165) is 31.5 Å². The lowest BCUT2D eigenvalue weighted by molar-refractivity contribution is 0.00758. The highest BCUT2D eigenvalue weighted by Crippen LogP contribution is 2.32. The lowest BCUT2D eigenvalue weighted by Crippen LogP contribution is -2.39. The van der Waals surface area contributed by atoms with E-state index in [4.69, 9.17) is 14.2 Å². The topological polar surface area (TPSA) is 48.0 Å². The molecule has 0 unspecified atom stereocenters. The van der Waals surface area contributed by atoms with Crippen LogP contribution < -0.4 is 9.47 Å². The maximum atomic E-state index is 12.3. The number of rotatable bonds is 4. The van der Waals surface area contributed by atoms with Crippen LogP contribution in [0.25, 0.3) is 0 Å². The van der Waals surface area contributed by atoms with Gasteiger partial charge >= 0.3 is 6.09 Å². The molecule has 5 heteroatoms. The molecule has 1 saturated heterocycles. The van der Waals surface area contributed by atoms with Gasteiger partial charge in [0.05, 0.1) is 14.2 Å². The maximum Gasteiger partial charge on any atom is 0.410 e. The van der Waals surface area contributed by atoms with Crippen molar-refractivity contribution >= 4 is 6.09 Å². The number of nitrogens with zero attached hydrogens (tertiary/aromatic N) is 1. The van der Waals surface area contributed by atoms with Crippen molar-refractivity contribution in [1.29, 1.82) is 0 Å². The molecule has 1 aliphatic heterocycles. The van der Waals surface area contributed by atoms with Crippen molar-refractivity contribution in [2.75, 3.05) is 27.3 Å². The Balaban J connectivity index is 2.16. The summed E-state index contributed by atoms with van der Waals surface area (Å²) in [7, 11) is 3.20. The van der Waals surface area contributed by atoms with Crippen molar-refractivity contribution in [1.82, 2.24) is 4.90 Å². The van der Waals surface area contributed by atoms with Crippen molar-refractivity contribution in [3.63, 3.8) is 0 Å². The highest BCUT2D eigenvalue weighted by atomic mass is 16.6. The minimum atomic E-state index is -0.754. The van der Waals surface area contributed by atoms with Crippen LogP contribution in [0.2, 0.25) is 0 Å². The first-order chi connectivity index (χ1) is 10.5. The zero-order chi connectivity index (χ0) is 16.2. The average molecular weight is 307 g/mol. The van der Waals surface area contributed by atoms with Crippen LogP contribution in [0.1, 0.15) is 38.7 Å². The number of methoxy groups -OCH3 is 2. The van der Waals surface area contributed by atoms with Crippen LogP contribution in [-0.2, 0) is 10.3 Å². The molecule has 1 heterocycles. The number of amides is 1. The first kappa shape index (κ1) is 16.5. The average Bonchev–Trinajstić information content (AvgIpc) is 2.54. The van der Waals surface area contributed by atoms with Gasteiger partial charge in [-0.2, -0.15) is 0 Å². The fraction of sp³-hybridized carbons (Fsp3) is 0.588. The summed E-state index contributed by atoms with van der Waals surface area (Å²) >= 11 is 0. The molecule has 0 spiro atoms. The lowest BCUT2D eigenvalue weighted by Gasteiger charge is -2.32. The summed E-state index contributed by atoms with van der Waals surface area (Å²) in [6, 6.07) is 5.53. The minimum Gasteiger partial charge on any atom is -0.497 e. The first-order valence-electron chi connectivity index (χ1n) is 7.68. The molecule has 0 N–H and O–H groups in total. The van der Waals surface area contributed by atoms with Gasteiger partial charge in [0.2, 0.25) is 0 Å². The van der Waals surface area contributed by atoms with E-state index in [1.165, 1.54) is 6.42 Å². The van der Waals surface area contributed by atoms with E-state index in [1.807, 2.05) is 26.0 Å². The predicted octanol–water partition coefficient (Wildman–Crippen LogP) is 3.56. The Hall–Kier alpha value is -1.91. The van der Waals surface area contributed by atoms with Crippen LogP contribution in [0.4, 0.5) is 4.79 Å². The third-order valence-corrected chi connectivity index (χ3v) is 4.00. The van der Waals surface area contributed by atoms with E-state index in [1.54, 1.807) is 25.2 Å². The summed E-state index contributed by atoms with van der Waals surface area (Å²) in [5.74, 6) is 1.35. The van der Waals surface area contributed by atoms with Crippen molar-refractivity contribution in [2.45, 2.75) is 38.7 Å². The van der Waals surface area contributed by atoms with Crippen molar-refractivity contribution in [3.05, 3.63) is 23.8 Å². The Morgan fingerprint density at radius 3 is 2.05 bits per heavy atom. The zero-order valence-corrected chi connectivity index (χ0v) is 13.8. The Morgan fingerprint density at radius 2 is 1.55 bits per heavy atom. The van der Waals surface area contributed by atoms with Crippen molar-refractivity contribution in [2.24, 2.45) is 0 Å². The van der Waals surface area contributed by atoms with Crippen LogP contribution in [-0.4, -0.2) is 38.3 Å². The summed E-state index contributed by atoms with van der Waals surface area (Å²) < 4.78 is 16.3. The monoisotopic (exact) mass is 307 g/mol. The molecule has 0 atom stereocenters. The fourth-order valence-electron chi connectivity index (χ4n) is 2.57. The van der Waals surface area contributed by atoms with Gasteiger partial charge in [0.1, 0.15) is 17.1 Å². The molecule has 1 aliphatic rings. The van der Waals surface area contributed by atoms with E-state index in [-0.39, 0.29) is 6.09 Å². The molecule has 1 aromatic rings. The summed E-state index contributed by atoms with van der Waals surface area (Å²) in [6.45, 7) is 5.30. The van der Waals surface area contributed by atoms with E-state index in [0.29, 0.717) is 11.5 Å². The van der Waals surface area contributed by atoms with Crippen molar-refractivity contribution in [3.8, 4) is 11.5 Å². The Bertz CT molecular complexity index is 499. The number of likely N-dealkylation sites (tertiary alicyclic amines) is 1. The molecule has 2 rings (SSSR count). The predicted molar refractivity (Wildman–Crippen MR) is 84.5 cm³/mol. The highest BCUT2D eigenvalue weighted by molar-refractivity contribution is 5.68. The molecule has 0 aliphatic carbocycles. The molecule has 0 aromatic heterocycles. The number of ether oxygens (including phenoxy) is 3. The number of hydrogen-bond donors (Lipinski definition) is 0. The normalized spacial score (nSPS) is 15.4. The van der Waals surface area contributed by atoms with Crippen LogP contribution in [0.3, 0.4) is 0 Å². The Labute approximate surface area is 132 Å². The van der Waals surface area contributed by atoms with E-state index in [9.17, 15) is 4.79 Å². The maximum absolute atomic E-state index is 12.3.